The van der Waals surface area contributed by atoms with Crippen LogP contribution in [-0.4, -0.2) is 17.8 Å². The van der Waals surface area contributed by atoms with Gasteiger partial charge in [-0.05, 0) is 12.1 Å². The molecule has 0 saturated heterocycles. The van der Waals surface area contributed by atoms with Crippen LogP contribution < -0.4 is 10.5 Å². The van der Waals surface area contributed by atoms with Crippen LogP contribution in [0, 0.1) is 17.6 Å². The van der Waals surface area contributed by atoms with Gasteiger partial charge in [-0.15, -0.1) is 0 Å². The number of thiocarbonyl (C=S) groups is 1. The van der Waals surface area contributed by atoms with Gasteiger partial charge in [0.15, 0.2) is 17.4 Å². The molecule has 8 heteroatoms. The highest BCUT2D eigenvalue weighted by atomic mass is 32.1. The van der Waals surface area contributed by atoms with E-state index in [-0.39, 0.29) is 0 Å². The summed E-state index contributed by atoms with van der Waals surface area (Å²) in [5, 5.41) is 0. The fourth-order valence-corrected chi connectivity index (χ4v) is 1.33. The van der Waals surface area contributed by atoms with Crippen molar-refractivity contribution < 1.29 is 26.7 Å². The van der Waals surface area contributed by atoms with Gasteiger partial charge in [-0.25, -0.2) is 8.78 Å². The molecule has 0 bridgehead atoms. The van der Waals surface area contributed by atoms with E-state index in [1.54, 1.807) is 0 Å². The number of alkyl halides is 3. The van der Waals surface area contributed by atoms with Crippen molar-refractivity contribution >= 4 is 17.2 Å². The second-order valence-electron chi connectivity index (χ2n) is 3.36. The molecule has 2 N–H and O–H groups in total. The van der Waals surface area contributed by atoms with Gasteiger partial charge in [-0.2, -0.15) is 13.2 Å². The molecule has 100 valence electrons. The second-order valence-corrected chi connectivity index (χ2v) is 3.83. The highest BCUT2D eigenvalue weighted by Gasteiger charge is 2.42. The maximum Gasteiger partial charge on any atom is 0.401 e. The van der Waals surface area contributed by atoms with Crippen LogP contribution in [0.2, 0.25) is 0 Å². The van der Waals surface area contributed by atoms with Gasteiger partial charge < -0.3 is 10.5 Å². The Bertz CT molecular complexity index is 428. The van der Waals surface area contributed by atoms with E-state index < -0.39 is 41.1 Å². The van der Waals surface area contributed by atoms with Crippen LogP contribution in [0.1, 0.15) is 0 Å². The summed E-state index contributed by atoms with van der Waals surface area (Å²) < 4.78 is 68.0. The molecule has 1 unspecified atom stereocenters. The monoisotopic (exact) mass is 285 g/mol. The number of benzene rings is 1. The van der Waals surface area contributed by atoms with Gasteiger partial charge in [0.1, 0.15) is 12.5 Å². The summed E-state index contributed by atoms with van der Waals surface area (Å²) >= 11 is 4.24. The van der Waals surface area contributed by atoms with E-state index in [0.717, 1.165) is 18.2 Å². The first-order valence-corrected chi connectivity index (χ1v) is 5.07. The van der Waals surface area contributed by atoms with E-state index in [1.807, 2.05) is 0 Å². The lowest BCUT2D eigenvalue weighted by molar-refractivity contribution is -0.161. The maximum atomic E-state index is 13.1. The van der Waals surface area contributed by atoms with Gasteiger partial charge in [0, 0.05) is 0 Å². The number of hydrogen-bond acceptors (Lipinski definition) is 2. The van der Waals surface area contributed by atoms with Crippen molar-refractivity contribution in [2.45, 2.75) is 6.18 Å². The predicted octanol–water partition coefficient (Wildman–Crippen LogP) is 2.81. The van der Waals surface area contributed by atoms with E-state index in [1.165, 1.54) is 0 Å². The summed E-state index contributed by atoms with van der Waals surface area (Å²) in [6.07, 6.45) is -4.73. The molecule has 1 aromatic carbocycles. The molecule has 0 heterocycles. The molecule has 1 rings (SSSR count). The minimum Gasteiger partial charge on any atom is -0.487 e. The van der Waals surface area contributed by atoms with Crippen molar-refractivity contribution in [1.29, 1.82) is 0 Å². The number of para-hydroxylation sites is 1. The van der Waals surface area contributed by atoms with Crippen LogP contribution in [0.25, 0.3) is 0 Å². The largest absolute Gasteiger partial charge is 0.487 e. The fourth-order valence-electron chi connectivity index (χ4n) is 1.13. The Morgan fingerprint density at radius 3 is 2.17 bits per heavy atom. The highest BCUT2D eigenvalue weighted by Crippen LogP contribution is 2.28. The third-order valence-electron chi connectivity index (χ3n) is 2.05. The lowest BCUT2D eigenvalue weighted by Crippen LogP contribution is -2.38. The van der Waals surface area contributed by atoms with Crippen molar-refractivity contribution in [3.63, 3.8) is 0 Å². The first kappa shape index (κ1) is 14.6. The van der Waals surface area contributed by atoms with E-state index in [0.29, 0.717) is 0 Å². The minimum atomic E-state index is -4.73. The van der Waals surface area contributed by atoms with Crippen LogP contribution in [0.4, 0.5) is 22.0 Å². The van der Waals surface area contributed by atoms with Crippen molar-refractivity contribution in [3.05, 3.63) is 29.8 Å². The number of rotatable bonds is 4. The molecule has 0 spiro atoms. The first-order chi connectivity index (χ1) is 8.23. The van der Waals surface area contributed by atoms with Crippen LogP contribution in [0.5, 0.6) is 5.75 Å². The van der Waals surface area contributed by atoms with E-state index in [4.69, 9.17) is 5.73 Å². The number of ether oxygens (including phenoxy) is 1. The molecule has 0 aromatic heterocycles. The number of hydrogen-bond donors (Lipinski definition) is 1. The molecular weight excluding hydrogens is 277 g/mol. The molecule has 0 radical (unpaired) electrons. The fraction of sp³-hybridized carbons (Fsp3) is 0.300. The first-order valence-electron chi connectivity index (χ1n) is 4.66. The van der Waals surface area contributed by atoms with Crippen molar-refractivity contribution in [2.24, 2.45) is 11.7 Å². The Morgan fingerprint density at radius 1 is 1.28 bits per heavy atom. The van der Waals surface area contributed by atoms with Crippen LogP contribution >= 0.6 is 12.2 Å². The predicted molar refractivity (Wildman–Crippen MR) is 58.2 cm³/mol. The topological polar surface area (TPSA) is 35.2 Å². The van der Waals surface area contributed by atoms with Crippen LogP contribution in [0.15, 0.2) is 18.2 Å². The van der Waals surface area contributed by atoms with E-state index in [2.05, 4.69) is 17.0 Å². The second kappa shape index (κ2) is 5.47. The molecule has 0 fully saturated rings. The summed E-state index contributed by atoms with van der Waals surface area (Å²) in [7, 11) is 0. The molecule has 0 aliphatic rings. The van der Waals surface area contributed by atoms with Gasteiger partial charge >= 0.3 is 6.18 Å². The van der Waals surface area contributed by atoms with Crippen molar-refractivity contribution in [3.8, 4) is 5.75 Å². The lowest BCUT2D eigenvalue weighted by Gasteiger charge is -2.19. The zero-order valence-electron chi connectivity index (χ0n) is 8.80. The molecule has 0 aliphatic carbocycles. The van der Waals surface area contributed by atoms with Crippen LogP contribution in [0.3, 0.4) is 0 Å². The van der Waals surface area contributed by atoms with Crippen molar-refractivity contribution in [2.75, 3.05) is 6.61 Å². The van der Waals surface area contributed by atoms with Crippen molar-refractivity contribution in [1.82, 2.24) is 0 Å². The normalized spacial score (nSPS) is 13.2. The Hall–Kier alpha value is -1.44. The van der Waals surface area contributed by atoms with Gasteiger partial charge in [-0.1, -0.05) is 18.3 Å². The molecular formula is C10H8F5NOS. The van der Waals surface area contributed by atoms with E-state index >= 15 is 0 Å². The molecule has 0 aliphatic heterocycles. The van der Waals surface area contributed by atoms with Gasteiger partial charge in [0.2, 0.25) is 0 Å². The van der Waals surface area contributed by atoms with Gasteiger partial charge in [0.25, 0.3) is 0 Å². The van der Waals surface area contributed by atoms with Gasteiger partial charge in [0.05, 0.1) is 4.99 Å². The summed E-state index contributed by atoms with van der Waals surface area (Å²) in [6.45, 7) is -1.07. The zero-order chi connectivity index (χ0) is 13.9. The maximum absolute atomic E-state index is 13.1. The Labute approximate surface area is 105 Å². The number of halogens is 5. The van der Waals surface area contributed by atoms with Crippen LogP contribution in [-0.2, 0) is 0 Å². The lowest BCUT2D eigenvalue weighted by atomic mass is 10.1. The van der Waals surface area contributed by atoms with E-state index in [9.17, 15) is 22.0 Å². The third kappa shape index (κ3) is 3.52. The SMILES string of the molecule is NC(=S)C(COc1c(F)cccc1F)C(F)(F)F. The molecule has 1 aromatic rings. The smallest absolute Gasteiger partial charge is 0.401 e. The Kier molecular flexibility index (Phi) is 4.44. The zero-order valence-corrected chi connectivity index (χ0v) is 9.62. The Balaban J connectivity index is 2.83. The third-order valence-corrected chi connectivity index (χ3v) is 2.34. The van der Waals surface area contributed by atoms with Gasteiger partial charge in [-0.3, -0.25) is 0 Å². The number of nitrogens with two attached hydrogens (primary N) is 1. The summed E-state index contributed by atoms with van der Waals surface area (Å²) in [4.78, 5) is -0.848. The molecule has 1 atom stereocenters. The molecule has 0 saturated carbocycles. The average molecular weight is 285 g/mol. The summed E-state index contributed by atoms with van der Waals surface area (Å²) in [5.41, 5.74) is 4.91. The highest BCUT2D eigenvalue weighted by molar-refractivity contribution is 7.80. The Morgan fingerprint density at radius 2 is 1.78 bits per heavy atom. The summed E-state index contributed by atoms with van der Waals surface area (Å²) in [5.74, 6) is -5.34. The molecule has 18 heavy (non-hydrogen) atoms. The quantitative estimate of drug-likeness (QED) is 0.682. The summed E-state index contributed by atoms with van der Waals surface area (Å²) in [6, 6.07) is 2.79. The molecule has 0 amide bonds. The standard InChI is InChI=1S/C10H8F5NOS/c11-6-2-1-3-7(12)8(6)17-4-5(9(16)18)10(13,14)15/h1-3,5H,4H2,(H2,16,18). The molecule has 2 nitrogen and oxygen atoms in total. The minimum absolute atomic E-state index is 0.848. The average Bonchev–Trinajstić information content (AvgIpc) is 2.19.